The molecule has 0 spiro atoms. The first-order chi connectivity index (χ1) is 11.9. The smallest absolute Gasteiger partial charge is 0.356 e. The van der Waals surface area contributed by atoms with Gasteiger partial charge in [-0.3, -0.25) is 9.36 Å². The van der Waals surface area contributed by atoms with E-state index in [-0.39, 0.29) is 19.1 Å². The van der Waals surface area contributed by atoms with Crippen molar-refractivity contribution in [2.24, 2.45) is 0 Å². The minimum absolute atomic E-state index is 0.0418. The molecule has 7 heteroatoms. The van der Waals surface area contributed by atoms with Gasteiger partial charge in [-0.1, -0.05) is 24.6 Å². The van der Waals surface area contributed by atoms with Gasteiger partial charge in [0, 0.05) is 0 Å². The van der Waals surface area contributed by atoms with Crippen LogP contribution in [0.5, 0.6) is 0 Å². The summed E-state index contributed by atoms with van der Waals surface area (Å²) in [6.45, 7) is 7.82. The molecule has 25 heavy (non-hydrogen) atoms. The van der Waals surface area contributed by atoms with Crippen molar-refractivity contribution in [1.82, 2.24) is 9.55 Å². The minimum Gasteiger partial charge on any atom is -0.461 e. The predicted molar refractivity (Wildman–Crippen MR) is 95.6 cm³/mol. The second-order valence-electron chi connectivity index (χ2n) is 6.01. The Morgan fingerprint density at radius 1 is 1.32 bits per heavy atom. The Hall–Kier alpha value is -2.34. The van der Waals surface area contributed by atoms with Crippen LogP contribution in [0.4, 0.5) is 11.6 Å². The number of imidazole rings is 1. The molecule has 1 aliphatic rings. The topological polar surface area (TPSA) is 64.4 Å². The lowest BCUT2D eigenvalue weighted by molar-refractivity contribution is -0.117. The normalized spacial score (nSPS) is 13.3. The predicted octanol–water partition coefficient (Wildman–Crippen LogP) is 3.57. The second kappa shape index (κ2) is 6.52. The van der Waals surface area contributed by atoms with Gasteiger partial charge in [-0.05, 0) is 44.4 Å². The van der Waals surface area contributed by atoms with E-state index in [1.54, 1.807) is 11.5 Å². The van der Waals surface area contributed by atoms with Crippen molar-refractivity contribution in [1.29, 1.82) is 0 Å². The first kappa shape index (κ1) is 17.5. The molecular weight excluding hydrogens is 342 g/mol. The molecule has 0 fully saturated rings. The van der Waals surface area contributed by atoms with Crippen LogP contribution in [-0.4, -0.2) is 28.0 Å². The number of amides is 1. The van der Waals surface area contributed by atoms with Crippen LogP contribution in [0.3, 0.4) is 0 Å². The number of anilines is 2. The summed E-state index contributed by atoms with van der Waals surface area (Å²) in [7, 11) is 0. The lowest BCUT2D eigenvalue weighted by Gasteiger charge is -2.19. The largest absolute Gasteiger partial charge is 0.461 e. The van der Waals surface area contributed by atoms with E-state index in [9.17, 15) is 9.59 Å². The van der Waals surface area contributed by atoms with Crippen LogP contribution in [0.2, 0.25) is 5.02 Å². The van der Waals surface area contributed by atoms with E-state index in [1.807, 2.05) is 32.9 Å². The summed E-state index contributed by atoms with van der Waals surface area (Å²) in [5.41, 5.74) is 3.47. The third kappa shape index (κ3) is 2.80. The third-order valence-electron chi connectivity index (χ3n) is 4.19. The summed E-state index contributed by atoms with van der Waals surface area (Å²) in [5.74, 6) is -0.220. The molecule has 2 heterocycles. The van der Waals surface area contributed by atoms with E-state index < -0.39 is 5.97 Å². The zero-order valence-corrected chi connectivity index (χ0v) is 15.5. The number of halogens is 1. The van der Waals surface area contributed by atoms with Crippen molar-refractivity contribution in [2.75, 3.05) is 11.5 Å². The molecule has 1 aromatic carbocycles. The molecular formula is C18H20ClN3O3. The van der Waals surface area contributed by atoms with E-state index in [2.05, 4.69) is 4.98 Å². The summed E-state index contributed by atoms with van der Waals surface area (Å²) >= 11 is 6.42. The van der Waals surface area contributed by atoms with Crippen LogP contribution in [-0.2, 0) is 22.5 Å². The fraction of sp³-hybridized carbons (Fsp3) is 0.389. The Balaban J connectivity index is 2.17. The van der Waals surface area contributed by atoms with Crippen molar-refractivity contribution in [3.8, 4) is 0 Å². The Kier molecular flexibility index (Phi) is 4.56. The molecule has 3 rings (SSSR count). The standard InChI is InChI=1S/C18H20ClN3O3/c1-5-13-16(17(24)25-6-2)21-9-14(23)22(18(21)20-13)15-11(4)7-10(3)8-12(15)19/h7-8H,5-6,9H2,1-4H3. The third-order valence-corrected chi connectivity index (χ3v) is 4.48. The van der Waals surface area contributed by atoms with Crippen LogP contribution in [0.15, 0.2) is 12.1 Å². The number of ether oxygens (including phenoxy) is 1. The van der Waals surface area contributed by atoms with Crippen LogP contribution >= 0.6 is 11.6 Å². The highest BCUT2D eigenvalue weighted by Gasteiger charge is 2.37. The lowest BCUT2D eigenvalue weighted by atomic mass is 10.1. The van der Waals surface area contributed by atoms with E-state index in [1.165, 1.54) is 4.90 Å². The van der Waals surface area contributed by atoms with E-state index in [0.717, 1.165) is 11.1 Å². The molecule has 2 aromatic rings. The molecule has 0 unspecified atom stereocenters. The minimum atomic E-state index is -0.459. The van der Waals surface area contributed by atoms with E-state index in [4.69, 9.17) is 16.3 Å². The van der Waals surface area contributed by atoms with E-state index in [0.29, 0.717) is 34.5 Å². The number of aromatic nitrogens is 2. The zero-order chi connectivity index (χ0) is 18.3. The summed E-state index contributed by atoms with van der Waals surface area (Å²) in [4.78, 5) is 31.0. The maximum absolute atomic E-state index is 12.7. The van der Waals surface area contributed by atoms with Gasteiger partial charge >= 0.3 is 5.97 Å². The molecule has 0 atom stereocenters. The maximum Gasteiger partial charge on any atom is 0.356 e. The number of carbonyl (C=O) groups is 2. The number of hydrogen-bond donors (Lipinski definition) is 0. The summed E-state index contributed by atoms with van der Waals surface area (Å²) < 4.78 is 6.76. The maximum atomic E-state index is 12.7. The molecule has 6 nitrogen and oxygen atoms in total. The van der Waals surface area contributed by atoms with Crippen LogP contribution in [0.25, 0.3) is 0 Å². The molecule has 0 aliphatic carbocycles. The number of benzene rings is 1. The Labute approximate surface area is 151 Å². The van der Waals surface area contributed by atoms with E-state index >= 15 is 0 Å². The van der Waals surface area contributed by atoms with Gasteiger partial charge in [-0.2, -0.15) is 0 Å². The van der Waals surface area contributed by atoms with Gasteiger partial charge in [0.05, 0.1) is 23.0 Å². The van der Waals surface area contributed by atoms with Gasteiger partial charge in [-0.25, -0.2) is 14.7 Å². The lowest BCUT2D eigenvalue weighted by Crippen LogP contribution is -2.23. The van der Waals surface area contributed by atoms with Gasteiger partial charge < -0.3 is 4.74 Å². The molecule has 0 N–H and O–H groups in total. The van der Waals surface area contributed by atoms with Gasteiger partial charge in [0.2, 0.25) is 5.95 Å². The number of hydrogen-bond acceptors (Lipinski definition) is 4. The number of esters is 1. The molecule has 0 bridgehead atoms. The average molecular weight is 362 g/mol. The summed E-state index contributed by atoms with van der Waals surface area (Å²) in [6, 6.07) is 3.78. The highest BCUT2D eigenvalue weighted by molar-refractivity contribution is 6.34. The first-order valence-electron chi connectivity index (χ1n) is 8.25. The van der Waals surface area contributed by atoms with Crippen molar-refractivity contribution in [3.63, 3.8) is 0 Å². The SMILES string of the molecule is CCOC(=O)c1c(CC)nc2n1CC(=O)N2c1c(C)cc(C)cc1Cl. The molecule has 0 radical (unpaired) electrons. The molecule has 1 aromatic heterocycles. The number of rotatable bonds is 4. The number of fused-ring (bicyclic) bond motifs is 1. The van der Waals surface area contributed by atoms with Crippen molar-refractivity contribution >= 4 is 35.1 Å². The van der Waals surface area contributed by atoms with Crippen LogP contribution < -0.4 is 4.90 Å². The molecule has 0 saturated carbocycles. The van der Waals surface area contributed by atoms with Crippen LogP contribution in [0, 0.1) is 13.8 Å². The Morgan fingerprint density at radius 2 is 2.04 bits per heavy atom. The van der Waals surface area contributed by atoms with Gasteiger partial charge in [-0.15, -0.1) is 0 Å². The first-order valence-corrected chi connectivity index (χ1v) is 8.63. The Bertz CT molecular complexity index is 850. The van der Waals surface area contributed by atoms with Crippen molar-refractivity contribution in [2.45, 2.75) is 40.7 Å². The summed E-state index contributed by atoms with van der Waals surface area (Å²) in [6.07, 6.45) is 0.566. The molecule has 1 aliphatic heterocycles. The average Bonchev–Trinajstić information content (AvgIpc) is 3.02. The molecule has 1 amide bonds. The fourth-order valence-electron chi connectivity index (χ4n) is 3.22. The number of carbonyl (C=O) groups excluding carboxylic acids is 2. The van der Waals surface area contributed by atoms with Gasteiger partial charge in [0.1, 0.15) is 6.54 Å². The Morgan fingerprint density at radius 3 is 2.64 bits per heavy atom. The number of nitrogens with zero attached hydrogens (tertiary/aromatic N) is 3. The highest BCUT2D eigenvalue weighted by atomic mass is 35.5. The van der Waals surface area contributed by atoms with Gasteiger partial charge in [0.25, 0.3) is 5.91 Å². The number of aryl methyl sites for hydroxylation is 3. The van der Waals surface area contributed by atoms with Crippen molar-refractivity contribution in [3.05, 3.63) is 39.7 Å². The van der Waals surface area contributed by atoms with Crippen molar-refractivity contribution < 1.29 is 14.3 Å². The highest BCUT2D eigenvalue weighted by Crippen LogP contribution is 2.39. The summed E-state index contributed by atoms with van der Waals surface area (Å²) in [5, 5.41) is 0.484. The van der Waals surface area contributed by atoms with Gasteiger partial charge in [0.15, 0.2) is 5.69 Å². The monoisotopic (exact) mass is 361 g/mol. The zero-order valence-electron chi connectivity index (χ0n) is 14.7. The fourth-order valence-corrected chi connectivity index (χ4v) is 3.62. The second-order valence-corrected chi connectivity index (χ2v) is 6.42. The van der Waals surface area contributed by atoms with Crippen LogP contribution in [0.1, 0.15) is 41.2 Å². The molecule has 0 saturated heterocycles. The quantitative estimate of drug-likeness (QED) is 0.781. The molecule has 132 valence electrons.